The maximum absolute atomic E-state index is 13.3. The van der Waals surface area contributed by atoms with Crippen LogP contribution in [0.1, 0.15) is 62.6 Å². The quantitative estimate of drug-likeness (QED) is 0.495. The van der Waals surface area contributed by atoms with E-state index < -0.39 is 28.0 Å². The Hall–Kier alpha value is -3.91. The van der Waals surface area contributed by atoms with Gasteiger partial charge in [-0.3, -0.25) is 5.32 Å². The molecule has 0 saturated heterocycles. The molecule has 2 aromatic carbocycles. The number of nitriles is 1. The summed E-state index contributed by atoms with van der Waals surface area (Å²) in [5.41, 5.74) is 3.17. The van der Waals surface area contributed by atoms with Crippen molar-refractivity contribution in [1.82, 2.24) is 5.32 Å². The summed E-state index contributed by atoms with van der Waals surface area (Å²) in [5, 5.41) is 15.7. The van der Waals surface area contributed by atoms with E-state index in [1.165, 1.54) is 12.7 Å². The van der Waals surface area contributed by atoms with E-state index in [0.29, 0.717) is 5.69 Å². The van der Waals surface area contributed by atoms with Gasteiger partial charge in [-0.15, -0.1) is 0 Å². The van der Waals surface area contributed by atoms with Crippen molar-refractivity contribution >= 4 is 40.0 Å². The second kappa shape index (κ2) is 11.1. The molecule has 10 nitrogen and oxygen atoms in total. The molecule has 0 aromatic heterocycles. The normalized spacial score (nSPS) is 20.7. The molecule has 0 radical (unpaired) electrons. The third-order valence-corrected chi connectivity index (χ3v) is 9.07. The standard InChI is InChI=1S/C28H32N6O4S/c1-18(2)38-28(35)33-20-8-6-19(7-9-20)27-24(15-29)23-11-10-22(14-25(23)34(27)21-4-3-5-21)39(36,37)13-12-26-31-16-30-17-32-26/h6-11,14,16-18,21,24,26-27H,3-5,12-13H2,1-2H3,(H,33,35)(H,30,31,32). The SMILES string of the molecule is CC(C)OC(=O)Nc1ccc(C2C(C#N)c3ccc(S(=O)(=O)CCC4N=CNC=N4)cc3N2C2CCC2)cc1. The van der Waals surface area contributed by atoms with E-state index in [1.807, 2.05) is 12.1 Å². The fourth-order valence-electron chi connectivity index (χ4n) is 5.25. The Balaban J connectivity index is 1.42. The van der Waals surface area contributed by atoms with E-state index >= 15 is 0 Å². The van der Waals surface area contributed by atoms with E-state index in [4.69, 9.17) is 4.74 Å². The molecule has 11 heteroatoms. The van der Waals surface area contributed by atoms with Crippen LogP contribution < -0.4 is 15.5 Å². The second-order valence-electron chi connectivity index (χ2n) is 10.3. The zero-order valence-corrected chi connectivity index (χ0v) is 22.8. The van der Waals surface area contributed by atoms with Crippen LogP contribution in [0.3, 0.4) is 0 Å². The highest BCUT2D eigenvalue weighted by Crippen LogP contribution is 2.52. The molecule has 2 aromatic rings. The van der Waals surface area contributed by atoms with Gasteiger partial charge in [-0.2, -0.15) is 5.26 Å². The van der Waals surface area contributed by atoms with Gasteiger partial charge in [0.15, 0.2) is 9.84 Å². The number of nitrogens with one attached hydrogen (secondary N) is 2. The van der Waals surface area contributed by atoms with Crippen LogP contribution >= 0.6 is 0 Å². The van der Waals surface area contributed by atoms with Gasteiger partial charge in [0, 0.05) is 23.8 Å². The van der Waals surface area contributed by atoms with Crippen LogP contribution in [0.2, 0.25) is 0 Å². The van der Waals surface area contributed by atoms with Crippen LogP contribution in [0.5, 0.6) is 0 Å². The van der Waals surface area contributed by atoms with Gasteiger partial charge in [0.1, 0.15) is 6.17 Å². The van der Waals surface area contributed by atoms with E-state index in [2.05, 4.69) is 31.6 Å². The maximum Gasteiger partial charge on any atom is 0.411 e. The van der Waals surface area contributed by atoms with Gasteiger partial charge in [0.05, 0.1) is 47.5 Å². The van der Waals surface area contributed by atoms with Crippen LogP contribution in [0.15, 0.2) is 57.3 Å². The number of ether oxygens (including phenoxy) is 1. The highest BCUT2D eigenvalue weighted by atomic mass is 32.2. The van der Waals surface area contributed by atoms with Crippen molar-refractivity contribution < 1.29 is 17.9 Å². The first-order valence-electron chi connectivity index (χ1n) is 13.2. The molecule has 204 valence electrons. The molecule has 0 spiro atoms. The lowest BCUT2D eigenvalue weighted by Gasteiger charge is -2.41. The number of rotatable bonds is 8. The van der Waals surface area contributed by atoms with E-state index in [1.54, 1.807) is 44.2 Å². The molecular weight excluding hydrogens is 516 g/mol. The Morgan fingerprint density at radius 1 is 1.18 bits per heavy atom. The summed E-state index contributed by atoms with van der Waals surface area (Å²) in [7, 11) is -3.58. The Labute approximate surface area is 228 Å². The molecule has 1 saturated carbocycles. The number of amides is 1. The van der Waals surface area contributed by atoms with Crippen molar-refractivity contribution in [2.45, 2.75) is 74.7 Å². The number of aliphatic imine (C=N–C) groups is 2. The van der Waals surface area contributed by atoms with Crippen molar-refractivity contribution in [1.29, 1.82) is 5.26 Å². The second-order valence-corrected chi connectivity index (χ2v) is 12.4. The molecule has 3 aliphatic rings. The van der Waals surface area contributed by atoms with Gasteiger partial charge in [0.25, 0.3) is 0 Å². The van der Waals surface area contributed by atoms with Gasteiger partial charge in [-0.05, 0) is 68.5 Å². The summed E-state index contributed by atoms with van der Waals surface area (Å²) in [6, 6.07) is 15.0. The third-order valence-electron chi connectivity index (χ3n) is 7.33. The maximum atomic E-state index is 13.3. The van der Waals surface area contributed by atoms with Crippen LogP contribution in [0.25, 0.3) is 0 Å². The molecule has 0 bridgehead atoms. The lowest BCUT2D eigenvalue weighted by atomic mass is 9.87. The van der Waals surface area contributed by atoms with E-state index in [-0.39, 0.29) is 35.3 Å². The number of carbonyl (C=O) groups excluding carboxylic acids is 1. The van der Waals surface area contributed by atoms with Crippen molar-refractivity contribution in [3.63, 3.8) is 0 Å². The van der Waals surface area contributed by atoms with Crippen LogP contribution in [-0.2, 0) is 14.6 Å². The molecule has 1 aliphatic carbocycles. The van der Waals surface area contributed by atoms with E-state index in [0.717, 1.165) is 36.1 Å². The minimum absolute atomic E-state index is 0.0760. The highest BCUT2D eigenvalue weighted by Gasteiger charge is 2.44. The predicted molar refractivity (Wildman–Crippen MR) is 150 cm³/mol. The van der Waals surface area contributed by atoms with Crippen LogP contribution in [0, 0.1) is 11.3 Å². The molecule has 1 fully saturated rings. The Morgan fingerprint density at radius 2 is 1.90 bits per heavy atom. The van der Waals surface area contributed by atoms with Gasteiger partial charge >= 0.3 is 6.09 Å². The lowest BCUT2D eigenvalue weighted by molar-refractivity contribution is 0.130. The fourth-order valence-corrected chi connectivity index (χ4v) is 6.57. The third kappa shape index (κ3) is 5.61. The zero-order valence-electron chi connectivity index (χ0n) is 21.9. The van der Waals surface area contributed by atoms with Crippen LogP contribution in [-0.4, -0.2) is 51.3 Å². The summed E-state index contributed by atoms with van der Waals surface area (Å²) in [6.07, 6.45) is 5.20. The summed E-state index contributed by atoms with van der Waals surface area (Å²) < 4.78 is 31.7. The minimum atomic E-state index is -3.58. The fraction of sp³-hybridized carbons (Fsp3) is 0.429. The molecule has 2 atom stereocenters. The Morgan fingerprint density at radius 3 is 2.51 bits per heavy atom. The number of hydrogen-bond acceptors (Lipinski definition) is 9. The zero-order chi connectivity index (χ0) is 27.6. The first kappa shape index (κ1) is 26.7. The number of sulfone groups is 1. The number of fused-ring (bicyclic) bond motifs is 1. The van der Waals surface area contributed by atoms with Gasteiger partial charge in [-0.25, -0.2) is 23.2 Å². The van der Waals surface area contributed by atoms with Crippen molar-refractivity contribution in [2.24, 2.45) is 9.98 Å². The summed E-state index contributed by atoms with van der Waals surface area (Å²) >= 11 is 0. The van der Waals surface area contributed by atoms with Crippen molar-refractivity contribution in [2.75, 3.05) is 16.0 Å². The number of carbonyl (C=O) groups is 1. The molecule has 39 heavy (non-hydrogen) atoms. The van der Waals surface area contributed by atoms with Crippen LogP contribution in [0.4, 0.5) is 16.2 Å². The monoisotopic (exact) mass is 548 g/mol. The number of benzene rings is 2. The average molecular weight is 549 g/mol. The molecule has 5 rings (SSSR count). The van der Waals surface area contributed by atoms with Crippen molar-refractivity contribution in [3.05, 3.63) is 53.6 Å². The van der Waals surface area contributed by atoms with Crippen molar-refractivity contribution in [3.8, 4) is 6.07 Å². The minimum Gasteiger partial charge on any atom is -0.447 e. The largest absolute Gasteiger partial charge is 0.447 e. The Kier molecular flexibility index (Phi) is 7.57. The molecular formula is C28H32N6O4S. The summed E-state index contributed by atoms with van der Waals surface area (Å²) in [6.45, 7) is 3.57. The number of nitrogens with zero attached hydrogens (tertiary/aromatic N) is 4. The number of anilines is 2. The Bertz CT molecular complexity index is 1410. The molecule has 2 aliphatic heterocycles. The summed E-state index contributed by atoms with van der Waals surface area (Å²) in [4.78, 5) is 22.8. The molecule has 2 N–H and O–H groups in total. The number of hydrogen-bond donors (Lipinski definition) is 2. The highest BCUT2D eigenvalue weighted by molar-refractivity contribution is 7.91. The average Bonchev–Trinajstić information content (AvgIpc) is 3.20. The first-order chi connectivity index (χ1) is 18.8. The smallest absolute Gasteiger partial charge is 0.411 e. The molecule has 1 amide bonds. The van der Waals surface area contributed by atoms with E-state index in [9.17, 15) is 18.5 Å². The first-order valence-corrected chi connectivity index (χ1v) is 14.8. The van der Waals surface area contributed by atoms with Gasteiger partial charge in [0.2, 0.25) is 0 Å². The lowest BCUT2D eigenvalue weighted by Crippen LogP contribution is -2.41. The topological polar surface area (TPSA) is 136 Å². The summed E-state index contributed by atoms with van der Waals surface area (Å²) in [5.74, 6) is -0.534. The molecule has 2 heterocycles. The van der Waals surface area contributed by atoms with Gasteiger partial charge in [-0.1, -0.05) is 18.2 Å². The van der Waals surface area contributed by atoms with Gasteiger partial charge < -0.3 is 15.0 Å². The molecule has 2 unspecified atom stereocenters. The predicted octanol–water partition coefficient (Wildman–Crippen LogP) is 4.51.